The molecule has 0 aromatic carbocycles. The first-order valence-electron chi connectivity index (χ1n) is 6.07. The number of nitrogens with zero attached hydrogens (tertiary/aromatic N) is 1. The summed E-state index contributed by atoms with van der Waals surface area (Å²) in [5, 5.41) is 0. The fourth-order valence-electron chi connectivity index (χ4n) is 2.35. The van der Waals surface area contributed by atoms with Gasteiger partial charge in [0.05, 0.1) is 11.5 Å². The number of hydrogen-bond donors (Lipinski definition) is 1. The quantitative estimate of drug-likeness (QED) is 0.700. The van der Waals surface area contributed by atoms with E-state index >= 15 is 0 Å². The fourth-order valence-corrected chi connectivity index (χ4v) is 4.49. The predicted molar refractivity (Wildman–Crippen MR) is 67.2 cm³/mol. The minimum atomic E-state index is -2.86. The molecule has 1 unspecified atom stereocenters. The Morgan fingerprint density at radius 2 is 2.06 bits per heavy atom. The summed E-state index contributed by atoms with van der Waals surface area (Å²) < 4.78 is 23.1. The van der Waals surface area contributed by atoms with Crippen LogP contribution in [-0.2, 0) is 9.84 Å². The molecule has 0 amide bonds. The van der Waals surface area contributed by atoms with Crippen molar-refractivity contribution in [3.05, 3.63) is 0 Å². The van der Waals surface area contributed by atoms with Crippen LogP contribution in [0.4, 0.5) is 0 Å². The highest BCUT2D eigenvalue weighted by molar-refractivity contribution is 7.91. The van der Waals surface area contributed by atoms with Crippen LogP contribution in [0.2, 0.25) is 0 Å². The van der Waals surface area contributed by atoms with Crippen molar-refractivity contribution in [3.8, 4) is 0 Å². The summed E-state index contributed by atoms with van der Waals surface area (Å²) in [6, 6.07) is 0. The van der Waals surface area contributed by atoms with Crippen molar-refractivity contribution in [1.29, 1.82) is 0 Å². The van der Waals surface area contributed by atoms with E-state index in [0.717, 1.165) is 13.0 Å². The molecule has 0 spiro atoms. The van der Waals surface area contributed by atoms with Crippen molar-refractivity contribution < 1.29 is 8.42 Å². The molecule has 1 aliphatic heterocycles. The molecule has 1 heterocycles. The number of sulfone groups is 1. The first-order valence-corrected chi connectivity index (χ1v) is 7.90. The summed E-state index contributed by atoms with van der Waals surface area (Å²) in [5.41, 5.74) is 5.49. The minimum absolute atomic E-state index is 0.235. The molecule has 0 radical (unpaired) electrons. The minimum Gasteiger partial charge on any atom is -0.329 e. The molecule has 1 rings (SSSR count). The Morgan fingerprint density at radius 3 is 2.50 bits per heavy atom. The van der Waals surface area contributed by atoms with Crippen LogP contribution in [0.5, 0.6) is 0 Å². The molecule has 1 aliphatic rings. The SMILES string of the molecule is CCCCCN(C)C1(CN)CCS(=O)(=O)C1. The van der Waals surface area contributed by atoms with Gasteiger partial charge in [-0.1, -0.05) is 19.8 Å². The van der Waals surface area contributed by atoms with Gasteiger partial charge in [-0.05, 0) is 26.4 Å². The molecule has 0 aliphatic carbocycles. The van der Waals surface area contributed by atoms with Crippen LogP contribution in [-0.4, -0.2) is 50.5 Å². The summed E-state index contributed by atoms with van der Waals surface area (Å²) in [6.45, 7) is 3.55. The van der Waals surface area contributed by atoms with Gasteiger partial charge in [0.25, 0.3) is 0 Å². The van der Waals surface area contributed by atoms with E-state index in [1.54, 1.807) is 0 Å². The van der Waals surface area contributed by atoms with E-state index in [1.165, 1.54) is 12.8 Å². The maximum atomic E-state index is 11.6. The highest BCUT2D eigenvalue weighted by Crippen LogP contribution is 2.28. The molecule has 0 saturated carbocycles. The molecule has 5 heteroatoms. The summed E-state index contributed by atoms with van der Waals surface area (Å²) >= 11 is 0. The third kappa shape index (κ3) is 3.18. The fraction of sp³-hybridized carbons (Fsp3) is 1.00. The second kappa shape index (κ2) is 5.47. The summed E-state index contributed by atoms with van der Waals surface area (Å²) in [7, 11) is -0.860. The van der Waals surface area contributed by atoms with E-state index in [1.807, 2.05) is 7.05 Å². The van der Waals surface area contributed by atoms with Crippen molar-refractivity contribution in [2.45, 2.75) is 38.1 Å². The lowest BCUT2D eigenvalue weighted by Gasteiger charge is -2.36. The Balaban J connectivity index is 2.60. The largest absolute Gasteiger partial charge is 0.329 e. The van der Waals surface area contributed by atoms with Crippen molar-refractivity contribution in [2.75, 3.05) is 31.6 Å². The van der Waals surface area contributed by atoms with Crippen LogP contribution < -0.4 is 5.73 Å². The van der Waals surface area contributed by atoms with Crippen LogP contribution in [0.3, 0.4) is 0 Å². The molecule has 16 heavy (non-hydrogen) atoms. The number of unbranched alkanes of at least 4 members (excludes halogenated alkanes) is 2. The average molecular weight is 248 g/mol. The number of rotatable bonds is 6. The highest BCUT2D eigenvalue weighted by Gasteiger charge is 2.43. The molecule has 0 aromatic heterocycles. The van der Waals surface area contributed by atoms with Gasteiger partial charge in [-0.3, -0.25) is 4.90 Å². The molecule has 1 fully saturated rings. The molecule has 0 aromatic rings. The van der Waals surface area contributed by atoms with E-state index in [9.17, 15) is 8.42 Å². The predicted octanol–water partition coefficient (Wildman–Crippen LogP) is 0.624. The molecule has 0 bridgehead atoms. The summed E-state index contributed by atoms with van der Waals surface area (Å²) in [5.74, 6) is 0.529. The summed E-state index contributed by atoms with van der Waals surface area (Å²) in [6.07, 6.45) is 4.18. The van der Waals surface area contributed by atoms with Crippen LogP contribution in [0.15, 0.2) is 0 Å². The van der Waals surface area contributed by atoms with Crippen molar-refractivity contribution in [1.82, 2.24) is 4.90 Å². The van der Waals surface area contributed by atoms with Gasteiger partial charge in [-0.15, -0.1) is 0 Å². The molecule has 1 atom stereocenters. The molecular weight excluding hydrogens is 224 g/mol. The Morgan fingerprint density at radius 1 is 1.38 bits per heavy atom. The highest BCUT2D eigenvalue weighted by atomic mass is 32.2. The van der Waals surface area contributed by atoms with E-state index in [-0.39, 0.29) is 11.3 Å². The monoisotopic (exact) mass is 248 g/mol. The number of nitrogens with two attached hydrogens (primary N) is 1. The van der Waals surface area contributed by atoms with E-state index in [0.29, 0.717) is 18.7 Å². The zero-order valence-electron chi connectivity index (χ0n) is 10.4. The second-order valence-electron chi connectivity index (χ2n) is 4.90. The maximum Gasteiger partial charge on any atom is 0.152 e. The first-order chi connectivity index (χ1) is 7.46. The Kier molecular flexibility index (Phi) is 4.76. The summed E-state index contributed by atoms with van der Waals surface area (Å²) in [4.78, 5) is 2.16. The van der Waals surface area contributed by atoms with Gasteiger partial charge in [0, 0.05) is 12.1 Å². The smallest absolute Gasteiger partial charge is 0.152 e. The van der Waals surface area contributed by atoms with Gasteiger partial charge in [0.1, 0.15) is 0 Å². The van der Waals surface area contributed by atoms with Gasteiger partial charge < -0.3 is 5.73 Å². The second-order valence-corrected chi connectivity index (χ2v) is 7.08. The Hall–Kier alpha value is -0.130. The van der Waals surface area contributed by atoms with Crippen molar-refractivity contribution >= 4 is 9.84 Å². The van der Waals surface area contributed by atoms with Crippen LogP contribution in [0.25, 0.3) is 0 Å². The van der Waals surface area contributed by atoms with Gasteiger partial charge in [-0.2, -0.15) is 0 Å². The first kappa shape index (κ1) is 13.9. The van der Waals surface area contributed by atoms with Crippen LogP contribution in [0.1, 0.15) is 32.6 Å². The van der Waals surface area contributed by atoms with Gasteiger partial charge in [-0.25, -0.2) is 8.42 Å². The van der Waals surface area contributed by atoms with E-state index in [4.69, 9.17) is 5.73 Å². The lowest BCUT2D eigenvalue weighted by molar-refractivity contribution is 0.148. The number of likely N-dealkylation sites (N-methyl/N-ethyl adjacent to an activating group) is 1. The molecule has 1 saturated heterocycles. The lowest BCUT2D eigenvalue weighted by Crippen LogP contribution is -2.53. The molecule has 2 N–H and O–H groups in total. The average Bonchev–Trinajstić information content (AvgIpc) is 2.56. The Labute approximate surface area is 99.1 Å². The Bertz CT molecular complexity index is 316. The van der Waals surface area contributed by atoms with E-state index < -0.39 is 9.84 Å². The molecule has 96 valence electrons. The zero-order chi connectivity index (χ0) is 12.2. The standard InChI is InChI=1S/C11H24N2O2S/c1-3-4-5-7-13(2)11(9-12)6-8-16(14,15)10-11/h3-10,12H2,1-2H3. The van der Waals surface area contributed by atoms with E-state index in [2.05, 4.69) is 11.8 Å². The van der Waals surface area contributed by atoms with Gasteiger partial charge in [0.15, 0.2) is 9.84 Å². The normalized spacial score (nSPS) is 28.8. The third-order valence-electron chi connectivity index (χ3n) is 3.65. The maximum absolute atomic E-state index is 11.6. The third-order valence-corrected chi connectivity index (χ3v) is 5.46. The van der Waals surface area contributed by atoms with Crippen LogP contribution >= 0.6 is 0 Å². The van der Waals surface area contributed by atoms with Crippen LogP contribution in [0, 0.1) is 0 Å². The van der Waals surface area contributed by atoms with Gasteiger partial charge >= 0.3 is 0 Å². The van der Waals surface area contributed by atoms with Crippen molar-refractivity contribution in [2.24, 2.45) is 5.73 Å². The van der Waals surface area contributed by atoms with Gasteiger partial charge in [0.2, 0.25) is 0 Å². The molecular formula is C11H24N2O2S. The topological polar surface area (TPSA) is 63.4 Å². The van der Waals surface area contributed by atoms with Crippen molar-refractivity contribution in [3.63, 3.8) is 0 Å². The number of hydrogen-bond acceptors (Lipinski definition) is 4. The zero-order valence-corrected chi connectivity index (χ0v) is 11.2. The molecule has 4 nitrogen and oxygen atoms in total. The lowest BCUT2D eigenvalue weighted by atomic mass is 9.97.